The van der Waals surface area contributed by atoms with Gasteiger partial charge in [-0.15, -0.1) is 5.10 Å². The molecule has 1 saturated heterocycles. The number of rotatable bonds is 6. The van der Waals surface area contributed by atoms with E-state index >= 15 is 0 Å². The van der Waals surface area contributed by atoms with Gasteiger partial charge in [-0.25, -0.2) is 4.79 Å². The van der Waals surface area contributed by atoms with E-state index in [1.807, 2.05) is 12.0 Å². The van der Waals surface area contributed by atoms with E-state index in [2.05, 4.69) is 5.10 Å². The van der Waals surface area contributed by atoms with Crippen molar-refractivity contribution in [3.05, 3.63) is 46.6 Å². The maximum atomic E-state index is 13.5. The van der Waals surface area contributed by atoms with Crippen LogP contribution in [0, 0.1) is 0 Å². The molecule has 0 aliphatic carbocycles. The maximum absolute atomic E-state index is 13.5. The summed E-state index contributed by atoms with van der Waals surface area (Å²) in [7, 11) is 0. The van der Waals surface area contributed by atoms with Gasteiger partial charge in [-0.1, -0.05) is 31.2 Å². The molecule has 0 amide bonds. The Balaban J connectivity index is 1.91. The molecule has 0 saturated carbocycles. The quantitative estimate of drug-likeness (QED) is 0.439. The molecule has 0 unspecified atom stereocenters. The summed E-state index contributed by atoms with van der Waals surface area (Å²) < 4.78 is 50.6. The molecule has 0 radical (unpaired) electrons. The molecule has 1 aromatic carbocycles. The van der Waals surface area contributed by atoms with Crippen LogP contribution in [-0.2, 0) is 28.5 Å². The van der Waals surface area contributed by atoms with Crippen molar-refractivity contribution in [3.8, 4) is 5.88 Å². The maximum Gasteiger partial charge on any atom is 0.433 e. The van der Waals surface area contributed by atoms with Gasteiger partial charge in [0.1, 0.15) is 24.0 Å². The largest absolute Gasteiger partial charge is 0.479 e. The van der Waals surface area contributed by atoms with E-state index in [9.17, 15) is 33.3 Å². The second-order valence-electron chi connectivity index (χ2n) is 7.08. The van der Waals surface area contributed by atoms with Gasteiger partial charge >= 0.3 is 12.1 Å². The number of alkyl halides is 3. The number of aromatic nitrogens is 2. The number of H-pyrrole nitrogens is 1. The third kappa shape index (κ3) is 4.82. The number of carbonyl (C=O) groups is 1. The van der Waals surface area contributed by atoms with E-state index in [-0.39, 0.29) is 12.0 Å². The van der Waals surface area contributed by atoms with Gasteiger partial charge in [-0.2, -0.15) is 13.2 Å². The fourth-order valence-corrected chi connectivity index (χ4v) is 3.20. The molecule has 31 heavy (non-hydrogen) atoms. The highest BCUT2D eigenvalue weighted by Crippen LogP contribution is 2.36. The normalized spacial score (nSPS) is 26.6. The summed E-state index contributed by atoms with van der Waals surface area (Å²) in [6.45, 7) is 1.93. The Bertz CT molecular complexity index is 916. The van der Waals surface area contributed by atoms with Crippen LogP contribution in [0.3, 0.4) is 0 Å². The number of benzene rings is 1. The number of nitrogens with one attached hydrogen (secondary N) is 1. The zero-order valence-electron chi connectivity index (χ0n) is 16.2. The molecule has 9 nitrogen and oxygen atoms in total. The minimum Gasteiger partial charge on any atom is -0.479 e. The Morgan fingerprint density at radius 1 is 1.13 bits per heavy atom. The number of aryl methyl sites for hydroxylation is 1. The number of carboxylic acids is 1. The summed E-state index contributed by atoms with van der Waals surface area (Å²) >= 11 is 0. The highest BCUT2D eigenvalue weighted by molar-refractivity contribution is 5.73. The van der Waals surface area contributed by atoms with Gasteiger partial charge < -0.3 is 29.9 Å². The number of carboxylic acid groups (broad SMARTS) is 1. The molecule has 0 bridgehead atoms. The van der Waals surface area contributed by atoms with Crippen LogP contribution in [-0.4, -0.2) is 67.3 Å². The lowest BCUT2D eigenvalue weighted by atomic mass is 9.99. The Hall–Kier alpha value is -2.67. The molecule has 12 heteroatoms. The van der Waals surface area contributed by atoms with Gasteiger partial charge in [0.25, 0.3) is 0 Å². The molecule has 0 spiro atoms. The van der Waals surface area contributed by atoms with Gasteiger partial charge in [0.15, 0.2) is 6.10 Å². The van der Waals surface area contributed by atoms with E-state index < -0.39 is 54.4 Å². The van der Waals surface area contributed by atoms with Crippen LogP contribution < -0.4 is 4.74 Å². The summed E-state index contributed by atoms with van der Waals surface area (Å²) in [5, 5.41) is 44.1. The number of aliphatic carboxylic acids is 1. The molecule has 2 heterocycles. The highest BCUT2D eigenvalue weighted by atomic mass is 19.4. The van der Waals surface area contributed by atoms with Crippen molar-refractivity contribution in [1.82, 2.24) is 10.2 Å². The Kier molecular flexibility index (Phi) is 6.55. The van der Waals surface area contributed by atoms with E-state index in [4.69, 9.17) is 14.6 Å². The zero-order valence-corrected chi connectivity index (χ0v) is 16.2. The predicted molar refractivity (Wildman–Crippen MR) is 97.2 cm³/mol. The summed E-state index contributed by atoms with van der Waals surface area (Å²) in [6, 6.07) is 6.85. The smallest absolute Gasteiger partial charge is 0.433 e. The average Bonchev–Trinajstić information content (AvgIpc) is 3.11. The molecule has 1 aliphatic heterocycles. The number of aliphatic hydroxyl groups excluding tert-OH is 3. The number of hydrogen-bond acceptors (Lipinski definition) is 7. The molecule has 170 valence electrons. The first-order valence-electron chi connectivity index (χ1n) is 9.34. The van der Waals surface area contributed by atoms with Crippen LogP contribution in [0.4, 0.5) is 13.2 Å². The molecule has 2 aromatic rings. The first-order valence-corrected chi connectivity index (χ1v) is 9.34. The SMILES string of the molecule is CCc1ccc(Cc2c(O[C@@H]3O[C@H](C(=O)O)[C@@H](O)[C@H](O)[C@H]3O)n[nH]c2C(F)(F)F)cc1. The van der Waals surface area contributed by atoms with Crippen LogP contribution in [0.15, 0.2) is 24.3 Å². The van der Waals surface area contributed by atoms with Gasteiger partial charge in [0, 0.05) is 6.42 Å². The van der Waals surface area contributed by atoms with Crippen LogP contribution in [0.2, 0.25) is 0 Å². The number of aliphatic hydroxyl groups is 3. The van der Waals surface area contributed by atoms with Crippen molar-refractivity contribution < 1.29 is 47.9 Å². The first kappa shape index (κ1) is 23.0. The van der Waals surface area contributed by atoms with Crippen molar-refractivity contribution in [2.75, 3.05) is 0 Å². The molecule has 5 atom stereocenters. The van der Waals surface area contributed by atoms with E-state index in [1.54, 1.807) is 24.3 Å². The van der Waals surface area contributed by atoms with Crippen LogP contribution in [0.5, 0.6) is 5.88 Å². The summed E-state index contributed by atoms with van der Waals surface area (Å²) in [6.07, 6.45) is -14.0. The lowest BCUT2D eigenvalue weighted by molar-refractivity contribution is -0.271. The van der Waals surface area contributed by atoms with Crippen LogP contribution in [0.1, 0.15) is 29.3 Å². The lowest BCUT2D eigenvalue weighted by Gasteiger charge is -2.38. The standard InChI is InChI=1S/C19H21F3N2O7/c1-2-8-3-5-9(6-4-8)7-10-15(19(20,21)22)23-24-16(10)31-18-13(27)11(25)12(26)14(30-18)17(28)29/h3-6,11-14,18,25-27H,2,7H2,1H3,(H,23,24)(H,28,29)/t11-,12-,13+,14-,18-/m0/s1. The monoisotopic (exact) mass is 446 g/mol. The third-order valence-electron chi connectivity index (χ3n) is 4.97. The van der Waals surface area contributed by atoms with Gasteiger partial charge in [-0.05, 0) is 17.5 Å². The Morgan fingerprint density at radius 2 is 1.74 bits per heavy atom. The highest BCUT2D eigenvalue weighted by Gasteiger charge is 2.49. The van der Waals surface area contributed by atoms with Gasteiger partial charge in [0.05, 0.1) is 5.56 Å². The molecular weight excluding hydrogens is 425 g/mol. The van der Waals surface area contributed by atoms with Crippen molar-refractivity contribution in [2.24, 2.45) is 0 Å². The van der Waals surface area contributed by atoms with Crippen LogP contribution >= 0.6 is 0 Å². The van der Waals surface area contributed by atoms with E-state index in [0.29, 0.717) is 5.56 Å². The van der Waals surface area contributed by atoms with Crippen molar-refractivity contribution in [3.63, 3.8) is 0 Å². The second kappa shape index (κ2) is 8.83. The lowest BCUT2D eigenvalue weighted by Crippen LogP contribution is -2.61. The molecular formula is C19H21F3N2O7. The zero-order chi connectivity index (χ0) is 22.9. The fourth-order valence-electron chi connectivity index (χ4n) is 3.20. The number of ether oxygens (including phenoxy) is 2. The molecule has 1 fully saturated rings. The number of halogens is 3. The number of nitrogens with zero attached hydrogens (tertiary/aromatic N) is 1. The van der Waals surface area contributed by atoms with Crippen LogP contribution in [0.25, 0.3) is 0 Å². The van der Waals surface area contributed by atoms with Crippen molar-refractivity contribution in [1.29, 1.82) is 0 Å². The molecule has 5 N–H and O–H groups in total. The summed E-state index contributed by atoms with van der Waals surface area (Å²) in [4.78, 5) is 11.2. The van der Waals surface area contributed by atoms with Crippen molar-refractivity contribution in [2.45, 2.75) is 56.6 Å². The van der Waals surface area contributed by atoms with Gasteiger partial charge in [-0.3, -0.25) is 5.10 Å². The molecule has 1 aliphatic rings. The number of aromatic amines is 1. The molecule has 3 rings (SSSR count). The summed E-state index contributed by atoms with van der Waals surface area (Å²) in [5.41, 5.74) is -0.0462. The summed E-state index contributed by atoms with van der Waals surface area (Å²) in [5.74, 6) is -2.23. The van der Waals surface area contributed by atoms with Gasteiger partial charge in [0.2, 0.25) is 12.2 Å². The predicted octanol–water partition coefficient (Wildman–Crippen LogP) is 0.853. The minimum atomic E-state index is -4.79. The van der Waals surface area contributed by atoms with Crippen molar-refractivity contribution >= 4 is 5.97 Å². The average molecular weight is 446 g/mol. The Labute approximate surface area is 174 Å². The molecule has 1 aromatic heterocycles. The first-order chi connectivity index (χ1) is 14.5. The fraction of sp³-hybridized carbons (Fsp3) is 0.474. The third-order valence-corrected chi connectivity index (χ3v) is 4.97. The second-order valence-corrected chi connectivity index (χ2v) is 7.08. The minimum absolute atomic E-state index is 0.235. The topological polar surface area (TPSA) is 145 Å². The Morgan fingerprint density at radius 3 is 2.29 bits per heavy atom. The van der Waals surface area contributed by atoms with E-state index in [0.717, 1.165) is 12.0 Å². The number of hydrogen-bond donors (Lipinski definition) is 5. The van der Waals surface area contributed by atoms with E-state index in [1.165, 1.54) is 0 Å².